The van der Waals surface area contributed by atoms with Crippen LogP contribution in [-0.4, -0.2) is 29.2 Å². The maximum absolute atomic E-state index is 12.5. The Hall–Kier alpha value is -1.57. The van der Waals surface area contributed by atoms with Crippen LogP contribution in [0, 0.1) is 0 Å². The summed E-state index contributed by atoms with van der Waals surface area (Å²) in [5.74, 6) is -0.313. The van der Waals surface area contributed by atoms with Crippen LogP contribution in [0.1, 0.15) is 25.0 Å². The SMILES string of the molecule is Nc1nc(NCCC2CCCO2)cc(C(F)(F)F)n1. The number of nitrogens with zero attached hydrogens (tertiary/aromatic N) is 2. The molecular formula is C11H15F3N4O. The van der Waals surface area contributed by atoms with Gasteiger partial charge in [0.1, 0.15) is 5.82 Å². The van der Waals surface area contributed by atoms with E-state index in [-0.39, 0.29) is 11.9 Å². The summed E-state index contributed by atoms with van der Waals surface area (Å²) in [5, 5.41) is 2.81. The summed E-state index contributed by atoms with van der Waals surface area (Å²) in [7, 11) is 0. The molecule has 1 saturated heterocycles. The molecule has 5 nitrogen and oxygen atoms in total. The van der Waals surface area contributed by atoms with Gasteiger partial charge in [-0.05, 0) is 19.3 Å². The highest BCUT2D eigenvalue weighted by atomic mass is 19.4. The molecule has 106 valence electrons. The molecule has 1 aliphatic heterocycles. The van der Waals surface area contributed by atoms with Crippen molar-refractivity contribution in [3.8, 4) is 0 Å². The molecule has 1 aromatic heterocycles. The van der Waals surface area contributed by atoms with E-state index in [1.54, 1.807) is 0 Å². The first-order valence-corrected chi connectivity index (χ1v) is 6.02. The van der Waals surface area contributed by atoms with Gasteiger partial charge in [-0.3, -0.25) is 0 Å². The second kappa shape index (κ2) is 5.60. The van der Waals surface area contributed by atoms with Crippen molar-refractivity contribution in [1.29, 1.82) is 0 Å². The Balaban J connectivity index is 1.94. The molecule has 0 bridgehead atoms. The van der Waals surface area contributed by atoms with Crippen LogP contribution in [0.3, 0.4) is 0 Å². The number of nitrogens with one attached hydrogen (secondary N) is 1. The molecule has 1 fully saturated rings. The third-order valence-electron chi connectivity index (χ3n) is 2.83. The summed E-state index contributed by atoms with van der Waals surface area (Å²) in [6.45, 7) is 1.24. The minimum Gasteiger partial charge on any atom is -0.378 e. The van der Waals surface area contributed by atoms with Crippen molar-refractivity contribution in [3.05, 3.63) is 11.8 Å². The molecule has 0 amide bonds. The molecule has 1 aliphatic rings. The Kier molecular flexibility index (Phi) is 4.08. The van der Waals surface area contributed by atoms with Gasteiger partial charge in [0.25, 0.3) is 0 Å². The highest BCUT2D eigenvalue weighted by molar-refractivity contribution is 5.41. The van der Waals surface area contributed by atoms with Crippen molar-refractivity contribution in [2.75, 3.05) is 24.2 Å². The predicted molar refractivity (Wildman–Crippen MR) is 63.5 cm³/mol. The first kappa shape index (κ1) is 13.9. The van der Waals surface area contributed by atoms with Crippen LogP contribution in [-0.2, 0) is 10.9 Å². The van der Waals surface area contributed by atoms with E-state index in [1.165, 1.54) is 0 Å². The van der Waals surface area contributed by atoms with E-state index in [4.69, 9.17) is 10.5 Å². The van der Waals surface area contributed by atoms with Crippen molar-refractivity contribution in [2.45, 2.75) is 31.5 Å². The molecule has 8 heteroatoms. The van der Waals surface area contributed by atoms with Crippen molar-refractivity contribution < 1.29 is 17.9 Å². The van der Waals surface area contributed by atoms with Gasteiger partial charge in [-0.1, -0.05) is 0 Å². The van der Waals surface area contributed by atoms with Gasteiger partial charge in [-0.2, -0.15) is 18.2 Å². The second-order valence-corrected chi connectivity index (χ2v) is 4.34. The van der Waals surface area contributed by atoms with Crippen LogP contribution >= 0.6 is 0 Å². The molecule has 2 heterocycles. The molecular weight excluding hydrogens is 261 g/mol. The number of aromatic nitrogens is 2. The van der Waals surface area contributed by atoms with Gasteiger partial charge in [0.05, 0.1) is 6.10 Å². The number of nitrogens with two attached hydrogens (primary N) is 1. The van der Waals surface area contributed by atoms with Crippen LogP contribution in [0.15, 0.2) is 6.07 Å². The molecule has 3 N–H and O–H groups in total. The second-order valence-electron chi connectivity index (χ2n) is 4.34. The Morgan fingerprint density at radius 2 is 2.21 bits per heavy atom. The van der Waals surface area contributed by atoms with E-state index in [9.17, 15) is 13.2 Å². The van der Waals surface area contributed by atoms with Crippen molar-refractivity contribution in [3.63, 3.8) is 0 Å². The zero-order chi connectivity index (χ0) is 13.9. The van der Waals surface area contributed by atoms with Crippen molar-refractivity contribution >= 4 is 11.8 Å². The molecule has 0 aromatic carbocycles. The number of hydrogen-bond donors (Lipinski definition) is 2. The molecule has 1 atom stereocenters. The van der Waals surface area contributed by atoms with E-state index < -0.39 is 17.8 Å². The summed E-state index contributed by atoms with van der Waals surface area (Å²) >= 11 is 0. The van der Waals surface area contributed by atoms with E-state index in [1.807, 2.05) is 0 Å². The van der Waals surface area contributed by atoms with Gasteiger partial charge >= 0.3 is 6.18 Å². The summed E-state index contributed by atoms with van der Waals surface area (Å²) in [5.41, 5.74) is 4.22. The largest absolute Gasteiger partial charge is 0.433 e. The highest BCUT2D eigenvalue weighted by Gasteiger charge is 2.33. The van der Waals surface area contributed by atoms with Crippen LogP contribution in [0.2, 0.25) is 0 Å². The number of ether oxygens (including phenoxy) is 1. The maximum atomic E-state index is 12.5. The van der Waals surface area contributed by atoms with E-state index in [0.29, 0.717) is 6.54 Å². The van der Waals surface area contributed by atoms with Crippen LogP contribution in [0.4, 0.5) is 24.9 Å². The van der Waals surface area contributed by atoms with Crippen LogP contribution in [0.5, 0.6) is 0 Å². The Bertz CT molecular complexity index is 432. The van der Waals surface area contributed by atoms with Gasteiger partial charge in [0, 0.05) is 19.2 Å². The summed E-state index contributed by atoms with van der Waals surface area (Å²) < 4.78 is 43.0. The smallest absolute Gasteiger partial charge is 0.378 e. The lowest BCUT2D eigenvalue weighted by Gasteiger charge is -2.12. The quantitative estimate of drug-likeness (QED) is 0.880. The van der Waals surface area contributed by atoms with Crippen molar-refractivity contribution in [1.82, 2.24) is 9.97 Å². The average molecular weight is 276 g/mol. The number of nitrogen functional groups attached to an aromatic ring is 1. The summed E-state index contributed by atoms with van der Waals surface area (Å²) in [6.07, 6.45) is -1.60. The summed E-state index contributed by atoms with van der Waals surface area (Å²) in [6, 6.07) is 0.853. The zero-order valence-electron chi connectivity index (χ0n) is 10.2. The first-order chi connectivity index (χ1) is 8.95. The molecule has 0 radical (unpaired) electrons. The number of rotatable bonds is 4. The van der Waals surface area contributed by atoms with Gasteiger partial charge in [0.15, 0.2) is 5.69 Å². The maximum Gasteiger partial charge on any atom is 0.433 e. The van der Waals surface area contributed by atoms with Gasteiger partial charge in [0.2, 0.25) is 5.95 Å². The lowest BCUT2D eigenvalue weighted by Crippen LogP contribution is -2.16. The molecule has 0 spiro atoms. The Morgan fingerprint density at radius 1 is 1.42 bits per heavy atom. The lowest BCUT2D eigenvalue weighted by atomic mass is 10.2. The molecule has 0 saturated carbocycles. The third kappa shape index (κ3) is 3.95. The molecule has 2 rings (SSSR count). The number of halogens is 3. The minimum absolute atomic E-state index is 0.0813. The normalized spacial score (nSPS) is 19.6. The van der Waals surface area contributed by atoms with E-state index >= 15 is 0 Å². The fraction of sp³-hybridized carbons (Fsp3) is 0.636. The number of hydrogen-bond acceptors (Lipinski definition) is 5. The van der Waals surface area contributed by atoms with E-state index in [0.717, 1.165) is 31.9 Å². The van der Waals surface area contributed by atoms with Gasteiger partial charge in [-0.15, -0.1) is 0 Å². The summed E-state index contributed by atoms with van der Waals surface area (Å²) in [4.78, 5) is 6.89. The van der Waals surface area contributed by atoms with Gasteiger partial charge < -0.3 is 15.8 Å². The molecule has 1 unspecified atom stereocenters. The average Bonchev–Trinajstić information content (AvgIpc) is 2.80. The third-order valence-corrected chi connectivity index (χ3v) is 2.83. The number of anilines is 2. The molecule has 0 aliphatic carbocycles. The zero-order valence-corrected chi connectivity index (χ0v) is 10.2. The first-order valence-electron chi connectivity index (χ1n) is 6.02. The number of alkyl halides is 3. The Morgan fingerprint density at radius 3 is 2.84 bits per heavy atom. The van der Waals surface area contributed by atoms with E-state index in [2.05, 4.69) is 15.3 Å². The standard InChI is InChI=1S/C11H15F3N4O/c12-11(13,14)8-6-9(18-10(15)17-8)16-4-3-7-2-1-5-19-7/h6-7H,1-5H2,(H3,15,16,17,18). The molecule has 19 heavy (non-hydrogen) atoms. The fourth-order valence-corrected chi connectivity index (χ4v) is 1.93. The minimum atomic E-state index is -4.53. The predicted octanol–water partition coefficient (Wildman–Crippen LogP) is 2.06. The fourth-order valence-electron chi connectivity index (χ4n) is 1.93. The monoisotopic (exact) mass is 276 g/mol. The van der Waals surface area contributed by atoms with Crippen LogP contribution < -0.4 is 11.1 Å². The lowest BCUT2D eigenvalue weighted by molar-refractivity contribution is -0.141. The molecule has 1 aromatic rings. The Labute approximate surface area is 108 Å². The van der Waals surface area contributed by atoms with Crippen molar-refractivity contribution in [2.24, 2.45) is 0 Å². The topological polar surface area (TPSA) is 73.1 Å². The highest BCUT2D eigenvalue weighted by Crippen LogP contribution is 2.29. The van der Waals surface area contributed by atoms with Crippen LogP contribution in [0.25, 0.3) is 0 Å². The van der Waals surface area contributed by atoms with Gasteiger partial charge in [-0.25, -0.2) is 4.98 Å².